The molecule has 1 aromatic rings. The summed E-state index contributed by atoms with van der Waals surface area (Å²) in [5.74, 6) is 0.796. The van der Waals surface area contributed by atoms with Crippen molar-refractivity contribution in [3.63, 3.8) is 0 Å². The molecule has 0 radical (unpaired) electrons. The van der Waals surface area contributed by atoms with Gasteiger partial charge in [0.25, 0.3) is 5.24 Å². The van der Waals surface area contributed by atoms with Crippen molar-refractivity contribution in [2.24, 2.45) is 5.92 Å². The van der Waals surface area contributed by atoms with E-state index in [2.05, 4.69) is 53.7 Å². The van der Waals surface area contributed by atoms with Crippen molar-refractivity contribution in [3.8, 4) is 5.75 Å². The SMILES string of the molecule is CCC(C)(C)c1ccc(OC(C(=O)Cl)C(C)C)c(C(C)(C)CC)c1. The molecule has 24 heavy (non-hydrogen) atoms. The molecule has 0 saturated carbocycles. The predicted octanol–water partition coefficient (Wildman–Crippen LogP) is 6.23. The zero-order valence-electron chi connectivity index (χ0n) is 16.5. The number of halogens is 1. The van der Waals surface area contributed by atoms with Crippen molar-refractivity contribution in [1.29, 1.82) is 0 Å². The summed E-state index contributed by atoms with van der Waals surface area (Å²) in [5.41, 5.74) is 2.52. The maximum absolute atomic E-state index is 11.7. The van der Waals surface area contributed by atoms with Crippen LogP contribution in [0.2, 0.25) is 0 Å². The molecule has 136 valence electrons. The predicted molar refractivity (Wildman–Crippen MR) is 103 cm³/mol. The van der Waals surface area contributed by atoms with Gasteiger partial charge >= 0.3 is 0 Å². The molecular weight excluding hydrogens is 320 g/mol. The van der Waals surface area contributed by atoms with Crippen LogP contribution < -0.4 is 4.74 Å². The lowest BCUT2D eigenvalue weighted by atomic mass is 9.76. The third-order valence-corrected chi connectivity index (χ3v) is 5.56. The van der Waals surface area contributed by atoms with Gasteiger partial charge in [-0.2, -0.15) is 0 Å². The quantitative estimate of drug-likeness (QED) is 0.518. The highest BCUT2D eigenvalue weighted by Crippen LogP contribution is 2.39. The van der Waals surface area contributed by atoms with Crippen LogP contribution >= 0.6 is 11.6 Å². The maximum atomic E-state index is 11.7. The molecule has 0 N–H and O–H groups in total. The number of carbonyl (C=O) groups is 1. The summed E-state index contributed by atoms with van der Waals surface area (Å²) in [6.07, 6.45) is 1.43. The van der Waals surface area contributed by atoms with E-state index in [-0.39, 0.29) is 16.7 Å². The molecule has 0 aliphatic rings. The molecule has 0 spiro atoms. The Morgan fingerprint density at radius 1 is 1.08 bits per heavy atom. The Bertz CT molecular complexity index is 573. The minimum Gasteiger partial charge on any atom is -0.481 e. The minimum atomic E-state index is -0.622. The van der Waals surface area contributed by atoms with E-state index in [4.69, 9.17) is 16.3 Å². The summed E-state index contributed by atoms with van der Waals surface area (Å²) in [5, 5.41) is -0.441. The van der Waals surface area contributed by atoms with Crippen molar-refractivity contribution in [2.75, 3.05) is 0 Å². The highest BCUT2D eigenvalue weighted by Gasteiger charge is 2.29. The minimum absolute atomic E-state index is 0.0272. The van der Waals surface area contributed by atoms with Crippen LogP contribution in [0.4, 0.5) is 0 Å². The van der Waals surface area contributed by atoms with Gasteiger partial charge in [-0.05, 0) is 52.8 Å². The van der Waals surface area contributed by atoms with Crippen LogP contribution in [0, 0.1) is 5.92 Å². The van der Waals surface area contributed by atoms with Gasteiger partial charge in [-0.25, -0.2) is 0 Å². The van der Waals surface area contributed by atoms with Gasteiger partial charge in [0.1, 0.15) is 5.75 Å². The molecule has 1 aromatic carbocycles. The van der Waals surface area contributed by atoms with E-state index in [0.717, 1.165) is 24.2 Å². The molecule has 3 heteroatoms. The first-order chi connectivity index (χ1) is 11.0. The molecule has 0 fully saturated rings. The van der Waals surface area contributed by atoms with Gasteiger partial charge in [-0.1, -0.05) is 67.5 Å². The van der Waals surface area contributed by atoms with Crippen molar-refractivity contribution < 1.29 is 9.53 Å². The topological polar surface area (TPSA) is 26.3 Å². The molecule has 1 unspecified atom stereocenters. The fourth-order valence-electron chi connectivity index (χ4n) is 2.56. The van der Waals surface area contributed by atoms with Gasteiger partial charge in [0.05, 0.1) is 0 Å². The highest BCUT2D eigenvalue weighted by molar-refractivity contribution is 6.64. The van der Waals surface area contributed by atoms with Crippen LogP contribution in [0.1, 0.15) is 79.4 Å². The molecule has 0 heterocycles. The Balaban J connectivity index is 3.42. The number of rotatable bonds is 8. The van der Waals surface area contributed by atoms with Crippen LogP contribution in [0.25, 0.3) is 0 Å². The van der Waals surface area contributed by atoms with Crippen LogP contribution in [-0.4, -0.2) is 11.3 Å². The van der Waals surface area contributed by atoms with Gasteiger partial charge in [0.15, 0.2) is 6.10 Å². The Hall–Kier alpha value is -1.02. The number of hydrogen-bond donors (Lipinski definition) is 0. The maximum Gasteiger partial charge on any atom is 0.262 e. The molecule has 0 aromatic heterocycles. The van der Waals surface area contributed by atoms with E-state index < -0.39 is 11.3 Å². The zero-order valence-corrected chi connectivity index (χ0v) is 17.3. The summed E-state index contributed by atoms with van der Waals surface area (Å²) < 4.78 is 6.08. The van der Waals surface area contributed by atoms with Gasteiger partial charge in [0.2, 0.25) is 0 Å². The van der Waals surface area contributed by atoms with Gasteiger partial charge in [-0.3, -0.25) is 4.79 Å². The summed E-state index contributed by atoms with van der Waals surface area (Å²) in [4.78, 5) is 11.7. The van der Waals surface area contributed by atoms with Gasteiger partial charge in [0, 0.05) is 5.56 Å². The van der Waals surface area contributed by atoms with Gasteiger partial charge < -0.3 is 4.74 Å². The first kappa shape index (κ1) is 21.0. The fourth-order valence-corrected chi connectivity index (χ4v) is 2.85. The lowest BCUT2D eigenvalue weighted by Crippen LogP contribution is -2.31. The lowest BCUT2D eigenvalue weighted by Gasteiger charge is -2.31. The molecule has 1 rings (SSSR count). The molecular formula is C21H33ClO2. The van der Waals surface area contributed by atoms with E-state index in [1.165, 1.54) is 5.56 Å². The van der Waals surface area contributed by atoms with E-state index in [9.17, 15) is 4.79 Å². The number of carbonyl (C=O) groups excluding carboxylic acids is 1. The molecule has 0 amide bonds. The smallest absolute Gasteiger partial charge is 0.262 e. The van der Waals surface area contributed by atoms with E-state index in [1.807, 2.05) is 19.9 Å². The summed E-state index contributed by atoms with van der Waals surface area (Å²) in [7, 11) is 0. The van der Waals surface area contributed by atoms with E-state index in [0.29, 0.717) is 0 Å². The van der Waals surface area contributed by atoms with Gasteiger partial charge in [-0.15, -0.1) is 0 Å². The Labute approximate surface area is 152 Å². The zero-order chi connectivity index (χ0) is 18.7. The molecule has 0 bridgehead atoms. The first-order valence-electron chi connectivity index (χ1n) is 8.97. The van der Waals surface area contributed by atoms with Crippen molar-refractivity contribution in [1.82, 2.24) is 0 Å². The second kappa shape index (κ2) is 7.91. The van der Waals surface area contributed by atoms with Crippen LogP contribution in [0.15, 0.2) is 18.2 Å². The third-order valence-electron chi connectivity index (χ3n) is 5.34. The lowest BCUT2D eigenvalue weighted by molar-refractivity contribution is -0.119. The molecule has 0 aliphatic heterocycles. The molecule has 1 atom stereocenters. The second-order valence-corrected chi connectivity index (χ2v) is 8.64. The first-order valence-corrected chi connectivity index (χ1v) is 9.35. The van der Waals surface area contributed by atoms with Crippen LogP contribution in [0.3, 0.4) is 0 Å². The number of ether oxygens (including phenoxy) is 1. The summed E-state index contributed by atoms with van der Waals surface area (Å²) in [6.45, 7) is 17.2. The summed E-state index contributed by atoms with van der Waals surface area (Å²) >= 11 is 5.75. The largest absolute Gasteiger partial charge is 0.481 e. The van der Waals surface area contributed by atoms with Crippen molar-refractivity contribution in [3.05, 3.63) is 29.3 Å². The van der Waals surface area contributed by atoms with E-state index >= 15 is 0 Å². The normalized spacial score (nSPS) is 13.9. The Kier molecular flexibility index (Phi) is 6.93. The molecule has 2 nitrogen and oxygen atoms in total. The number of hydrogen-bond acceptors (Lipinski definition) is 2. The molecule has 0 aliphatic carbocycles. The summed E-state index contributed by atoms with van der Waals surface area (Å²) in [6, 6.07) is 6.37. The highest BCUT2D eigenvalue weighted by atomic mass is 35.5. The third kappa shape index (κ3) is 4.75. The Morgan fingerprint density at radius 2 is 1.62 bits per heavy atom. The van der Waals surface area contributed by atoms with Crippen molar-refractivity contribution >= 4 is 16.8 Å². The van der Waals surface area contributed by atoms with Crippen LogP contribution in [-0.2, 0) is 15.6 Å². The number of benzene rings is 1. The average molecular weight is 353 g/mol. The standard InChI is InChI=1S/C21H33ClO2/c1-9-20(5,6)15-11-12-17(16(13-15)21(7,8)10-2)24-18(14(3)4)19(22)23/h11-14,18H,9-10H2,1-8H3. The fraction of sp³-hybridized carbons (Fsp3) is 0.667. The van der Waals surface area contributed by atoms with Crippen LogP contribution in [0.5, 0.6) is 5.75 Å². The second-order valence-electron chi connectivity index (χ2n) is 8.27. The monoisotopic (exact) mass is 352 g/mol. The van der Waals surface area contributed by atoms with E-state index in [1.54, 1.807) is 0 Å². The Morgan fingerprint density at radius 3 is 2.04 bits per heavy atom. The average Bonchev–Trinajstić information content (AvgIpc) is 2.51. The molecule has 0 saturated heterocycles. The van der Waals surface area contributed by atoms with Crippen molar-refractivity contribution in [2.45, 2.75) is 85.2 Å².